The highest BCUT2D eigenvalue weighted by atomic mass is 32.2. The molecule has 0 unspecified atom stereocenters. The number of nitrogens with one attached hydrogen (secondary N) is 1. The predicted octanol–water partition coefficient (Wildman–Crippen LogP) is 1.85. The largest absolute Gasteiger partial charge is 0.330 e. The lowest BCUT2D eigenvalue weighted by atomic mass is 10.0. The number of benzene rings is 1. The maximum Gasteiger partial charge on any atom is 0.241 e. The van der Waals surface area contributed by atoms with Gasteiger partial charge in [0.15, 0.2) is 0 Å². The summed E-state index contributed by atoms with van der Waals surface area (Å²) >= 11 is 0. The Labute approximate surface area is 119 Å². The summed E-state index contributed by atoms with van der Waals surface area (Å²) in [5.74, 6) is -0.416. The Morgan fingerprint density at radius 1 is 1.30 bits per heavy atom. The average molecular weight is 300 g/mol. The second kappa shape index (κ2) is 5.42. The fourth-order valence-electron chi connectivity index (χ4n) is 2.64. The molecular formula is C14H21FN2O2S. The van der Waals surface area contributed by atoms with Crippen LogP contribution in [0.5, 0.6) is 0 Å². The highest BCUT2D eigenvalue weighted by Gasteiger charge is 2.42. The summed E-state index contributed by atoms with van der Waals surface area (Å²) in [6.07, 6.45) is 2.85. The second-order valence-corrected chi connectivity index (χ2v) is 7.44. The molecule has 0 aromatic heterocycles. The van der Waals surface area contributed by atoms with Gasteiger partial charge in [0.1, 0.15) is 5.82 Å². The van der Waals surface area contributed by atoms with Crippen molar-refractivity contribution in [3.05, 3.63) is 29.1 Å². The lowest BCUT2D eigenvalue weighted by molar-refractivity contribution is 0.461. The van der Waals surface area contributed by atoms with Gasteiger partial charge in [0.25, 0.3) is 0 Å². The molecule has 0 atom stereocenters. The van der Waals surface area contributed by atoms with Crippen molar-refractivity contribution in [2.24, 2.45) is 11.1 Å². The van der Waals surface area contributed by atoms with E-state index in [2.05, 4.69) is 4.72 Å². The molecule has 0 amide bonds. The Hall–Kier alpha value is -0.980. The SMILES string of the molecule is Cc1cc(F)cc(C)c1S(=O)(=O)NCC1(CCN)CC1. The molecule has 0 spiro atoms. The van der Waals surface area contributed by atoms with Gasteiger partial charge in [0, 0.05) is 6.54 Å². The van der Waals surface area contributed by atoms with E-state index >= 15 is 0 Å². The first-order valence-electron chi connectivity index (χ1n) is 6.76. The van der Waals surface area contributed by atoms with Crippen LogP contribution >= 0.6 is 0 Å². The number of halogens is 1. The van der Waals surface area contributed by atoms with Gasteiger partial charge in [-0.25, -0.2) is 17.5 Å². The number of hydrogen-bond donors (Lipinski definition) is 2. The molecule has 0 saturated heterocycles. The maximum atomic E-state index is 13.3. The summed E-state index contributed by atoms with van der Waals surface area (Å²) in [5.41, 5.74) is 6.44. The molecule has 1 saturated carbocycles. The summed E-state index contributed by atoms with van der Waals surface area (Å²) < 4.78 is 40.7. The lowest BCUT2D eigenvalue weighted by Gasteiger charge is -2.17. The minimum atomic E-state index is -3.61. The summed E-state index contributed by atoms with van der Waals surface area (Å²) in [6, 6.07) is 2.49. The van der Waals surface area contributed by atoms with E-state index < -0.39 is 15.8 Å². The van der Waals surface area contributed by atoms with Gasteiger partial charge in [-0.15, -0.1) is 0 Å². The fourth-order valence-corrected chi connectivity index (χ4v) is 4.25. The van der Waals surface area contributed by atoms with Crippen LogP contribution in [0, 0.1) is 25.1 Å². The minimum Gasteiger partial charge on any atom is -0.330 e. The topological polar surface area (TPSA) is 72.2 Å². The zero-order valence-corrected chi connectivity index (χ0v) is 12.7. The van der Waals surface area contributed by atoms with Crippen LogP contribution in [0.3, 0.4) is 0 Å². The summed E-state index contributed by atoms with van der Waals surface area (Å²) in [6.45, 7) is 4.19. The van der Waals surface area contributed by atoms with E-state index in [9.17, 15) is 12.8 Å². The van der Waals surface area contributed by atoms with Crippen LogP contribution in [0.2, 0.25) is 0 Å². The Morgan fingerprint density at radius 3 is 2.30 bits per heavy atom. The molecule has 2 rings (SSSR count). The van der Waals surface area contributed by atoms with Crippen molar-refractivity contribution in [2.45, 2.75) is 38.0 Å². The first-order valence-corrected chi connectivity index (χ1v) is 8.24. The molecule has 0 heterocycles. The van der Waals surface area contributed by atoms with E-state index in [1.54, 1.807) is 13.8 Å². The quantitative estimate of drug-likeness (QED) is 0.842. The Morgan fingerprint density at radius 2 is 1.85 bits per heavy atom. The third kappa shape index (κ3) is 3.19. The van der Waals surface area contributed by atoms with Gasteiger partial charge in [-0.1, -0.05) is 0 Å². The van der Waals surface area contributed by atoms with E-state index in [1.807, 2.05) is 0 Å². The van der Waals surface area contributed by atoms with Gasteiger partial charge in [-0.3, -0.25) is 0 Å². The molecule has 0 aliphatic heterocycles. The molecule has 6 heteroatoms. The van der Waals surface area contributed by atoms with Crippen molar-refractivity contribution < 1.29 is 12.8 Å². The zero-order valence-electron chi connectivity index (χ0n) is 11.9. The smallest absolute Gasteiger partial charge is 0.241 e. The van der Waals surface area contributed by atoms with Gasteiger partial charge in [0.2, 0.25) is 10.0 Å². The van der Waals surface area contributed by atoms with Crippen LogP contribution in [-0.4, -0.2) is 21.5 Å². The second-order valence-electron chi connectivity index (χ2n) is 5.73. The van der Waals surface area contributed by atoms with E-state index in [0.29, 0.717) is 24.2 Å². The molecule has 4 nitrogen and oxygen atoms in total. The van der Waals surface area contributed by atoms with Crippen LogP contribution in [-0.2, 0) is 10.0 Å². The molecule has 112 valence electrons. The lowest BCUT2D eigenvalue weighted by Crippen LogP contribution is -2.32. The predicted molar refractivity (Wildman–Crippen MR) is 76.4 cm³/mol. The number of aryl methyl sites for hydroxylation is 2. The van der Waals surface area contributed by atoms with Crippen LogP contribution < -0.4 is 10.5 Å². The van der Waals surface area contributed by atoms with Crippen molar-refractivity contribution in [3.8, 4) is 0 Å². The molecule has 20 heavy (non-hydrogen) atoms. The molecule has 1 aliphatic carbocycles. The molecule has 0 bridgehead atoms. The van der Waals surface area contributed by atoms with Gasteiger partial charge in [0.05, 0.1) is 4.90 Å². The Balaban J connectivity index is 2.19. The first kappa shape index (κ1) is 15.4. The third-order valence-corrected chi connectivity index (χ3v) is 5.67. The summed E-state index contributed by atoms with van der Waals surface area (Å²) in [7, 11) is -3.61. The standard InChI is InChI=1S/C14H21FN2O2S/c1-10-7-12(15)8-11(2)13(10)20(18,19)17-9-14(3-4-14)5-6-16/h7-8,17H,3-6,9,16H2,1-2H3. The van der Waals surface area contributed by atoms with Crippen LogP contribution in [0.15, 0.2) is 17.0 Å². The highest BCUT2D eigenvalue weighted by Crippen LogP contribution is 2.48. The van der Waals surface area contributed by atoms with Crippen molar-refractivity contribution in [1.82, 2.24) is 4.72 Å². The first-order chi connectivity index (χ1) is 9.30. The molecular weight excluding hydrogens is 279 g/mol. The number of rotatable bonds is 6. The van der Waals surface area contributed by atoms with Crippen LogP contribution in [0.4, 0.5) is 4.39 Å². The fraction of sp³-hybridized carbons (Fsp3) is 0.571. The molecule has 1 aromatic rings. The zero-order chi connectivity index (χ0) is 15.0. The van der Waals surface area contributed by atoms with E-state index in [-0.39, 0.29) is 10.3 Å². The number of sulfonamides is 1. The van der Waals surface area contributed by atoms with Crippen molar-refractivity contribution >= 4 is 10.0 Å². The van der Waals surface area contributed by atoms with Gasteiger partial charge in [-0.05, 0) is 68.3 Å². The van der Waals surface area contributed by atoms with Crippen molar-refractivity contribution in [3.63, 3.8) is 0 Å². The van der Waals surface area contributed by atoms with Gasteiger partial charge >= 0.3 is 0 Å². The number of hydrogen-bond acceptors (Lipinski definition) is 3. The normalized spacial score (nSPS) is 17.2. The molecule has 0 radical (unpaired) electrons. The molecule has 3 N–H and O–H groups in total. The molecule has 1 aliphatic rings. The molecule has 1 fully saturated rings. The highest BCUT2D eigenvalue weighted by molar-refractivity contribution is 7.89. The van der Waals surface area contributed by atoms with Crippen molar-refractivity contribution in [1.29, 1.82) is 0 Å². The Bertz CT molecular complexity index is 587. The van der Waals surface area contributed by atoms with E-state index in [0.717, 1.165) is 19.3 Å². The van der Waals surface area contributed by atoms with Crippen molar-refractivity contribution in [2.75, 3.05) is 13.1 Å². The molecule has 1 aromatic carbocycles. The average Bonchev–Trinajstić information content (AvgIpc) is 3.06. The third-order valence-electron chi connectivity index (χ3n) is 3.96. The maximum absolute atomic E-state index is 13.3. The van der Waals surface area contributed by atoms with E-state index in [1.165, 1.54) is 12.1 Å². The van der Waals surface area contributed by atoms with E-state index in [4.69, 9.17) is 5.73 Å². The minimum absolute atomic E-state index is 0.0314. The number of nitrogens with two attached hydrogens (primary N) is 1. The summed E-state index contributed by atoms with van der Waals surface area (Å²) in [4.78, 5) is 0.183. The van der Waals surface area contributed by atoms with Gasteiger partial charge in [-0.2, -0.15) is 0 Å². The summed E-state index contributed by atoms with van der Waals surface area (Å²) in [5, 5.41) is 0. The monoisotopic (exact) mass is 300 g/mol. The van der Waals surface area contributed by atoms with Crippen LogP contribution in [0.25, 0.3) is 0 Å². The Kier molecular flexibility index (Phi) is 4.18. The van der Waals surface area contributed by atoms with Crippen LogP contribution in [0.1, 0.15) is 30.4 Å². The van der Waals surface area contributed by atoms with Gasteiger partial charge < -0.3 is 5.73 Å².